The van der Waals surface area contributed by atoms with Crippen LogP contribution in [0.15, 0.2) is 11.1 Å². The number of carbonyl (C=O) groups is 3. The van der Waals surface area contributed by atoms with Crippen molar-refractivity contribution >= 4 is 17.9 Å². The Balaban J connectivity index is 1.85. The summed E-state index contributed by atoms with van der Waals surface area (Å²) in [5.74, 6) is -3.39. The highest BCUT2D eigenvalue weighted by molar-refractivity contribution is 5.93. The molecular weight excluding hydrogens is 356 g/mol. The van der Waals surface area contributed by atoms with E-state index >= 15 is 0 Å². The minimum Gasteiger partial charge on any atom is -0.455 e. The molecule has 0 bridgehead atoms. The third-order valence-electron chi connectivity index (χ3n) is 6.00. The molecular formula is C19H24O8. The van der Waals surface area contributed by atoms with Gasteiger partial charge in [-0.2, -0.15) is 0 Å². The van der Waals surface area contributed by atoms with E-state index in [4.69, 9.17) is 23.7 Å². The molecule has 3 aliphatic heterocycles. The fourth-order valence-corrected chi connectivity index (χ4v) is 4.56. The van der Waals surface area contributed by atoms with E-state index in [-0.39, 0.29) is 18.1 Å². The molecule has 0 unspecified atom stereocenters. The van der Waals surface area contributed by atoms with Gasteiger partial charge in [0.05, 0.1) is 29.3 Å². The topological polar surface area (TPSA) is 104 Å². The van der Waals surface area contributed by atoms with Crippen LogP contribution >= 0.6 is 0 Å². The Morgan fingerprint density at radius 1 is 1.11 bits per heavy atom. The molecule has 0 radical (unpaired) electrons. The molecule has 0 spiro atoms. The standard InChI is InChI=1S/C19H24O8/c1-9-13-14(23-10(2)20)15-17(4,26-15)7-6-12-18(5,25-12)8-19(13,24-11(3)21)27-16(9)22/h12,14-15H,6-8H2,1-5H3/t12-,14-,15+,17-,18+,19-/m1/s1. The lowest BCUT2D eigenvalue weighted by atomic mass is 9.81. The van der Waals surface area contributed by atoms with Gasteiger partial charge in [-0.25, -0.2) is 4.79 Å². The SMILES string of the molecule is CC(=O)O[C@@H]1C2=C(C)C(=O)O[C@]2(OC(C)=O)C[C@]2(C)O[C@@H]2CC[C@@]2(C)O[C@@H]12. The summed E-state index contributed by atoms with van der Waals surface area (Å²) in [6, 6.07) is 0. The van der Waals surface area contributed by atoms with Crippen LogP contribution in [0.3, 0.4) is 0 Å². The van der Waals surface area contributed by atoms with Crippen LogP contribution in [0, 0.1) is 0 Å². The van der Waals surface area contributed by atoms with Crippen LogP contribution in [0.4, 0.5) is 0 Å². The molecule has 3 heterocycles. The average Bonchev–Trinajstić information content (AvgIpc) is 3.35. The van der Waals surface area contributed by atoms with Gasteiger partial charge in [-0.1, -0.05) is 0 Å². The zero-order valence-corrected chi connectivity index (χ0v) is 16.1. The Morgan fingerprint density at radius 3 is 2.44 bits per heavy atom. The van der Waals surface area contributed by atoms with Crippen molar-refractivity contribution in [2.75, 3.05) is 0 Å². The fourth-order valence-electron chi connectivity index (χ4n) is 4.56. The van der Waals surface area contributed by atoms with Crippen LogP contribution in [-0.2, 0) is 38.1 Å². The van der Waals surface area contributed by atoms with Gasteiger partial charge in [0.1, 0.15) is 6.10 Å². The largest absolute Gasteiger partial charge is 0.455 e. The lowest BCUT2D eigenvalue weighted by molar-refractivity contribution is -0.214. The van der Waals surface area contributed by atoms with Crippen LogP contribution in [0.2, 0.25) is 0 Å². The van der Waals surface area contributed by atoms with Gasteiger partial charge in [0.15, 0.2) is 6.10 Å². The number of esters is 3. The smallest absolute Gasteiger partial charge is 0.337 e. The maximum absolute atomic E-state index is 12.5. The van der Waals surface area contributed by atoms with Gasteiger partial charge in [0.2, 0.25) is 0 Å². The number of fused-ring (bicyclic) bond motifs is 3. The number of carbonyl (C=O) groups excluding carboxylic acids is 3. The van der Waals surface area contributed by atoms with Gasteiger partial charge in [-0.05, 0) is 33.6 Å². The number of ether oxygens (including phenoxy) is 5. The van der Waals surface area contributed by atoms with Crippen molar-refractivity contribution < 1.29 is 38.1 Å². The summed E-state index contributed by atoms with van der Waals surface area (Å²) < 4.78 is 28.6. The molecule has 1 saturated carbocycles. The van der Waals surface area contributed by atoms with Crippen LogP contribution < -0.4 is 0 Å². The predicted molar refractivity (Wildman–Crippen MR) is 89.3 cm³/mol. The highest BCUT2D eigenvalue weighted by atomic mass is 16.7. The molecule has 4 aliphatic rings. The minimum absolute atomic E-state index is 0.0438. The molecule has 2 saturated heterocycles. The first kappa shape index (κ1) is 18.4. The summed E-state index contributed by atoms with van der Waals surface area (Å²) in [7, 11) is 0. The van der Waals surface area contributed by atoms with Crippen molar-refractivity contribution in [1.29, 1.82) is 0 Å². The minimum atomic E-state index is -1.67. The van der Waals surface area contributed by atoms with Gasteiger partial charge in [-0.15, -0.1) is 0 Å². The van der Waals surface area contributed by atoms with Crippen LogP contribution in [0.25, 0.3) is 0 Å². The van der Waals surface area contributed by atoms with Gasteiger partial charge in [0, 0.05) is 19.4 Å². The summed E-state index contributed by atoms with van der Waals surface area (Å²) in [5.41, 5.74) is -0.513. The highest BCUT2D eigenvalue weighted by Gasteiger charge is 2.69. The second-order valence-electron chi connectivity index (χ2n) is 8.29. The van der Waals surface area contributed by atoms with E-state index in [1.807, 2.05) is 13.8 Å². The van der Waals surface area contributed by atoms with Crippen LogP contribution in [0.1, 0.15) is 53.9 Å². The maximum atomic E-state index is 12.5. The van der Waals surface area contributed by atoms with Crippen molar-refractivity contribution in [2.45, 2.75) is 89.2 Å². The molecule has 148 valence electrons. The molecule has 27 heavy (non-hydrogen) atoms. The van der Waals surface area contributed by atoms with Crippen LogP contribution in [0.5, 0.6) is 0 Å². The second-order valence-corrected chi connectivity index (χ2v) is 8.29. The van der Waals surface area contributed by atoms with Gasteiger partial charge < -0.3 is 23.7 Å². The lowest BCUT2D eigenvalue weighted by Gasteiger charge is -2.35. The van der Waals surface area contributed by atoms with Crippen molar-refractivity contribution in [2.24, 2.45) is 0 Å². The summed E-state index contributed by atoms with van der Waals surface area (Å²) in [6.45, 7) is 7.97. The van der Waals surface area contributed by atoms with E-state index in [9.17, 15) is 14.4 Å². The number of hydrogen-bond donors (Lipinski definition) is 0. The Bertz CT molecular complexity index is 772. The van der Waals surface area contributed by atoms with Gasteiger partial charge in [-0.3, -0.25) is 9.59 Å². The van der Waals surface area contributed by atoms with E-state index in [1.54, 1.807) is 6.92 Å². The number of rotatable bonds is 2. The van der Waals surface area contributed by atoms with Crippen molar-refractivity contribution in [3.63, 3.8) is 0 Å². The van der Waals surface area contributed by atoms with Gasteiger partial charge in [0.25, 0.3) is 5.79 Å². The lowest BCUT2D eigenvalue weighted by Crippen LogP contribution is -2.47. The van der Waals surface area contributed by atoms with Crippen molar-refractivity contribution in [3.05, 3.63) is 11.1 Å². The quantitative estimate of drug-likeness (QED) is 0.525. The monoisotopic (exact) mass is 380 g/mol. The second kappa shape index (κ2) is 5.54. The molecule has 0 N–H and O–H groups in total. The molecule has 1 aliphatic carbocycles. The molecule has 4 rings (SSSR count). The third-order valence-corrected chi connectivity index (χ3v) is 6.00. The zero-order valence-electron chi connectivity index (χ0n) is 16.1. The first-order valence-electron chi connectivity index (χ1n) is 9.17. The Morgan fingerprint density at radius 2 is 1.81 bits per heavy atom. The van der Waals surface area contributed by atoms with Crippen molar-refractivity contribution in [1.82, 2.24) is 0 Å². The third kappa shape index (κ3) is 2.86. The molecule has 0 aromatic carbocycles. The number of hydrogen-bond acceptors (Lipinski definition) is 8. The summed E-state index contributed by atoms with van der Waals surface area (Å²) >= 11 is 0. The molecule has 6 atom stereocenters. The average molecular weight is 380 g/mol. The Hall–Kier alpha value is -1.93. The molecule has 0 amide bonds. The van der Waals surface area contributed by atoms with Gasteiger partial charge >= 0.3 is 17.9 Å². The fraction of sp³-hybridized carbons (Fsp3) is 0.737. The van der Waals surface area contributed by atoms with E-state index in [0.29, 0.717) is 5.57 Å². The molecule has 0 aromatic rings. The molecule has 3 fully saturated rings. The predicted octanol–water partition coefficient (Wildman–Crippen LogP) is 1.55. The summed E-state index contributed by atoms with van der Waals surface area (Å²) in [6.07, 6.45) is 0.258. The Kier molecular flexibility index (Phi) is 3.79. The molecule has 8 nitrogen and oxygen atoms in total. The van der Waals surface area contributed by atoms with E-state index in [0.717, 1.165) is 12.8 Å². The van der Waals surface area contributed by atoms with Crippen molar-refractivity contribution in [3.8, 4) is 0 Å². The first-order valence-corrected chi connectivity index (χ1v) is 9.17. The summed E-state index contributed by atoms with van der Waals surface area (Å²) in [5, 5.41) is 0. The number of epoxide rings is 2. The zero-order chi connectivity index (χ0) is 19.8. The van der Waals surface area contributed by atoms with E-state index in [1.165, 1.54) is 13.8 Å². The molecule has 0 aromatic heterocycles. The first-order chi connectivity index (χ1) is 12.5. The normalized spacial score (nSPS) is 45.1. The van der Waals surface area contributed by atoms with E-state index in [2.05, 4.69) is 0 Å². The highest BCUT2D eigenvalue weighted by Crippen LogP contribution is 2.57. The summed E-state index contributed by atoms with van der Waals surface area (Å²) in [4.78, 5) is 36.2. The van der Waals surface area contributed by atoms with Crippen LogP contribution in [-0.4, -0.2) is 53.2 Å². The Labute approximate surface area is 157 Å². The molecule has 8 heteroatoms. The van der Waals surface area contributed by atoms with E-state index < -0.39 is 47.1 Å². The maximum Gasteiger partial charge on any atom is 0.337 e.